The van der Waals surface area contributed by atoms with E-state index in [1.54, 1.807) is 7.11 Å². The van der Waals surface area contributed by atoms with E-state index in [1.807, 2.05) is 18.2 Å². The second-order valence-corrected chi connectivity index (χ2v) is 7.24. The Balaban J connectivity index is 0.000000972. The average molecular weight is 404 g/mol. The van der Waals surface area contributed by atoms with Crippen molar-refractivity contribution in [2.24, 2.45) is 0 Å². The predicted octanol–water partition coefficient (Wildman–Crippen LogP) is 3.19. The van der Waals surface area contributed by atoms with Crippen molar-refractivity contribution < 1.29 is 29.3 Å². The van der Waals surface area contributed by atoms with E-state index >= 15 is 0 Å². The van der Waals surface area contributed by atoms with Crippen LogP contribution < -0.4 is 10.1 Å². The van der Waals surface area contributed by atoms with Crippen molar-refractivity contribution in [2.75, 3.05) is 33.4 Å². The molecule has 0 saturated carbocycles. The van der Waals surface area contributed by atoms with E-state index in [0.717, 1.165) is 55.5 Å². The van der Waals surface area contributed by atoms with Gasteiger partial charge in [-0.2, -0.15) is 0 Å². The van der Waals surface area contributed by atoms with Gasteiger partial charge in [0.2, 0.25) is 0 Å². The monoisotopic (exact) mass is 403 g/mol. The van der Waals surface area contributed by atoms with Crippen molar-refractivity contribution in [3.63, 3.8) is 0 Å². The van der Waals surface area contributed by atoms with E-state index in [2.05, 4.69) is 26.1 Å². The Hall–Kier alpha value is -1.83. The molecule has 0 heterocycles. The SMILES string of the molecule is COCCNCCCCOc1ccc(Cl)cc1C(C)(C)C.O=C(O)C(=O)O. The normalized spacial score (nSPS) is 10.7. The maximum absolute atomic E-state index is 9.10. The Kier molecular flexibility index (Phi) is 12.5. The zero-order valence-electron chi connectivity index (χ0n) is 16.4. The number of hydrogen-bond acceptors (Lipinski definition) is 5. The van der Waals surface area contributed by atoms with Crippen LogP contribution in [0.1, 0.15) is 39.2 Å². The number of halogens is 1. The lowest BCUT2D eigenvalue weighted by Crippen LogP contribution is -2.20. The third-order valence-electron chi connectivity index (χ3n) is 3.42. The number of nitrogens with one attached hydrogen (secondary N) is 1. The number of carbonyl (C=O) groups is 2. The van der Waals surface area contributed by atoms with Crippen molar-refractivity contribution in [3.8, 4) is 5.75 Å². The number of methoxy groups -OCH3 is 1. The Morgan fingerprint density at radius 3 is 2.22 bits per heavy atom. The summed E-state index contributed by atoms with van der Waals surface area (Å²) in [5.41, 5.74) is 1.19. The molecule has 1 rings (SSSR count). The predicted molar refractivity (Wildman–Crippen MR) is 105 cm³/mol. The van der Waals surface area contributed by atoms with Crippen LogP contribution in [0.15, 0.2) is 18.2 Å². The molecule has 0 saturated heterocycles. The first-order chi connectivity index (χ1) is 12.6. The number of carboxylic acids is 2. The van der Waals surface area contributed by atoms with Gasteiger partial charge in [0.1, 0.15) is 5.75 Å². The highest BCUT2D eigenvalue weighted by molar-refractivity contribution is 6.30. The van der Waals surface area contributed by atoms with Crippen LogP contribution in [0.4, 0.5) is 0 Å². The van der Waals surface area contributed by atoms with Gasteiger partial charge in [0.15, 0.2) is 0 Å². The van der Waals surface area contributed by atoms with Crippen LogP contribution in [0.3, 0.4) is 0 Å². The molecule has 1 aromatic carbocycles. The van der Waals surface area contributed by atoms with Crippen LogP contribution in [0.2, 0.25) is 5.02 Å². The lowest BCUT2D eigenvalue weighted by Gasteiger charge is -2.23. The van der Waals surface area contributed by atoms with Gasteiger partial charge < -0.3 is 25.0 Å². The van der Waals surface area contributed by atoms with Crippen molar-refractivity contribution in [3.05, 3.63) is 28.8 Å². The molecule has 0 aromatic heterocycles. The second-order valence-electron chi connectivity index (χ2n) is 6.80. The highest BCUT2D eigenvalue weighted by Gasteiger charge is 2.19. The standard InChI is InChI=1S/C17H28ClNO2.C2H2O4/c1-17(2,3)15-13-14(18)7-8-16(15)21-11-6-5-9-19-10-12-20-4;3-1(4)2(5)6/h7-8,13,19H,5-6,9-12H2,1-4H3;(H,3,4)(H,5,6). The Morgan fingerprint density at radius 1 is 1.07 bits per heavy atom. The maximum atomic E-state index is 9.10. The van der Waals surface area contributed by atoms with Gasteiger partial charge in [0, 0.05) is 24.2 Å². The van der Waals surface area contributed by atoms with E-state index in [0.29, 0.717) is 0 Å². The minimum atomic E-state index is -1.82. The van der Waals surface area contributed by atoms with E-state index < -0.39 is 11.9 Å². The fourth-order valence-corrected chi connectivity index (χ4v) is 2.22. The average Bonchev–Trinajstić information content (AvgIpc) is 2.58. The molecule has 0 amide bonds. The summed E-state index contributed by atoms with van der Waals surface area (Å²) in [5.74, 6) is -2.70. The smallest absolute Gasteiger partial charge is 0.414 e. The van der Waals surface area contributed by atoms with Crippen molar-refractivity contribution >= 4 is 23.5 Å². The summed E-state index contributed by atoms with van der Waals surface area (Å²) in [7, 11) is 1.72. The molecule has 7 nitrogen and oxygen atoms in total. The molecule has 0 aliphatic heterocycles. The fraction of sp³-hybridized carbons (Fsp3) is 0.579. The third kappa shape index (κ3) is 12.2. The highest BCUT2D eigenvalue weighted by atomic mass is 35.5. The summed E-state index contributed by atoms with van der Waals surface area (Å²) >= 11 is 6.09. The summed E-state index contributed by atoms with van der Waals surface area (Å²) < 4.78 is 10.9. The van der Waals surface area contributed by atoms with Gasteiger partial charge in [-0.25, -0.2) is 9.59 Å². The molecule has 0 fully saturated rings. The number of ether oxygens (including phenoxy) is 2. The van der Waals surface area contributed by atoms with E-state index in [9.17, 15) is 0 Å². The van der Waals surface area contributed by atoms with Gasteiger partial charge in [0.05, 0.1) is 13.2 Å². The molecular weight excluding hydrogens is 374 g/mol. The Bertz CT molecular complexity index is 574. The first-order valence-electron chi connectivity index (χ1n) is 8.68. The molecule has 0 aliphatic carbocycles. The minimum absolute atomic E-state index is 0.0297. The second kappa shape index (κ2) is 13.4. The van der Waals surface area contributed by atoms with Gasteiger partial charge in [-0.3, -0.25) is 0 Å². The summed E-state index contributed by atoms with van der Waals surface area (Å²) in [6, 6.07) is 5.86. The summed E-state index contributed by atoms with van der Waals surface area (Å²) in [4.78, 5) is 18.2. The quantitative estimate of drug-likeness (QED) is 0.429. The number of carboxylic acid groups (broad SMARTS) is 2. The first kappa shape index (κ1) is 25.2. The fourth-order valence-electron chi connectivity index (χ4n) is 2.05. The molecule has 0 spiro atoms. The van der Waals surface area contributed by atoms with Crippen LogP contribution in [0.5, 0.6) is 5.75 Å². The number of unbranched alkanes of at least 4 members (excludes halogenated alkanes) is 1. The van der Waals surface area contributed by atoms with E-state index in [-0.39, 0.29) is 5.41 Å². The van der Waals surface area contributed by atoms with Crippen molar-refractivity contribution in [1.82, 2.24) is 5.32 Å². The largest absolute Gasteiger partial charge is 0.493 e. The molecule has 154 valence electrons. The lowest BCUT2D eigenvalue weighted by molar-refractivity contribution is -0.159. The number of hydrogen-bond donors (Lipinski definition) is 3. The molecule has 0 aliphatic rings. The summed E-state index contributed by atoms with van der Waals surface area (Å²) in [6.07, 6.45) is 2.13. The highest BCUT2D eigenvalue weighted by Crippen LogP contribution is 2.33. The van der Waals surface area contributed by atoms with Crippen molar-refractivity contribution in [2.45, 2.75) is 39.0 Å². The van der Waals surface area contributed by atoms with E-state index in [1.165, 1.54) is 0 Å². The molecule has 3 N–H and O–H groups in total. The molecular formula is C19H30ClNO6. The zero-order chi connectivity index (χ0) is 20.9. The molecule has 0 radical (unpaired) electrons. The number of benzene rings is 1. The number of aliphatic carboxylic acids is 2. The lowest BCUT2D eigenvalue weighted by atomic mass is 9.86. The third-order valence-corrected chi connectivity index (χ3v) is 3.66. The van der Waals surface area contributed by atoms with Gasteiger partial charge in [0.25, 0.3) is 0 Å². The van der Waals surface area contributed by atoms with Crippen LogP contribution in [-0.4, -0.2) is 55.6 Å². The molecule has 0 bridgehead atoms. The van der Waals surface area contributed by atoms with Gasteiger partial charge in [-0.15, -0.1) is 0 Å². The molecule has 0 atom stereocenters. The number of rotatable bonds is 9. The summed E-state index contributed by atoms with van der Waals surface area (Å²) in [6.45, 7) is 9.91. The molecule has 27 heavy (non-hydrogen) atoms. The minimum Gasteiger partial charge on any atom is -0.493 e. The Labute approximate surface area is 165 Å². The molecule has 8 heteroatoms. The Morgan fingerprint density at radius 2 is 1.70 bits per heavy atom. The van der Waals surface area contributed by atoms with Gasteiger partial charge in [-0.05, 0) is 43.0 Å². The van der Waals surface area contributed by atoms with Crippen LogP contribution in [0, 0.1) is 0 Å². The van der Waals surface area contributed by atoms with Crippen LogP contribution in [0.25, 0.3) is 0 Å². The summed E-state index contributed by atoms with van der Waals surface area (Å²) in [5, 5.41) is 18.9. The van der Waals surface area contributed by atoms with Gasteiger partial charge >= 0.3 is 11.9 Å². The van der Waals surface area contributed by atoms with Gasteiger partial charge in [-0.1, -0.05) is 32.4 Å². The van der Waals surface area contributed by atoms with Crippen LogP contribution >= 0.6 is 11.6 Å². The van der Waals surface area contributed by atoms with Crippen molar-refractivity contribution in [1.29, 1.82) is 0 Å². The molecule has 1 aromatic rings. The molecule has 0 unspecified atom stereocenters. The van der Waals surface area contributed by atoms with E-state index in [4.69, 9.17) is 40.9 Å². The topological polar surface area (TPSA) is 105 Å². The first-order valence-corrected chi connectivity index (χ1v) is 9.06. The maximum Gasteiger partial charge on any atom is 0.414 e. The van der Waals surface area contributed by atoms with Crippen LogP contribution in [-0.2, 0) is 19.7 Å². The zero-order valence-corrected chi connectivity index (χ0v) is 17.1.